The number of rotatable bonds is 5. The highest BCUT2D eigenvalue weighted by molar-refractivity contribution is 9.10. The van der Waals surface area contributed by atoms with Gasteiger partial charge in [-0.15, -0.1) is 6.58 Å². The maximum atomic E-state index is 11.8. The molecule has 1 amide bonds. The summed E-state index contributed by atoms with van der Waals surface area (Å²) in [5.41, 5.74) is 2.30. The Morgan fingerprint density at radius 3 is 2.90 bits per heavy atom. The van der Waals surface area contributed by atoms with E-state index in [0.717, 1.165) is 15.7 Å². The molecule has 0 aliphatic heterocycles. The van der Waals surface area contributed by atoms with Gasteiger partial charge >= 0.3 is 0 Å². The first-order valence-electron chi connectivity index (χ1n) is 6.34. The van der Waals surface area contributed by atoms with Crippen LogP contribution in [0.5, 0.6) is 0 Å². The van der Waals surface area contributed by atoms with Gasteiger partial charge in [-0.1, -0.05) is 22.0 Å². The maximum absolute atomic E-state index is 11.8. The van der Waals surface area contributed by atoms with E-state index in [-0.39, 0.29) is 5.91 Å². The van der Waals surface area contributed by atoms with E-state index in [2.05, 4.69) is 43.1 Å². The fourth-order valence-electron chi connectivity index (χ4n) is 1.71. The van der Waals surface area contributed by atoms with E-state index in [9.17, 15) is 4.79 Å². The molecule has 5 nitrogen and oxygen atoms in total. The Morgan fingerprint density at radius 1 is 1.38 bits per heavy atom. The second-order valence-corrected chi connectivity index (χ2v) is 5.29. The number of benzene rings is 1. The van der Waals surface area contributed by atoms with E-state index in [1.165, 1.54) is 6.33 Å². The van der Waals surface area contributed by atoms with Crippen LogP contribution in [0.25, 0.3) is 0 Å². The van der Waals surface area contributed by atoms with Crippen LogP contribution >= 0.6 is 15.9 Å². The number of hydrogen-bond donors (Lipinski definition) is 2. The van der Waals surface area contributed by atoms with Gasteiger partial charge in [-0.05, 0) is 30.7 Å². The minimum atomic E-state index is -0.257. The van der Waals surface area contributed by atoms with Crippen molar-refractivity contribution >= 4 is 33.3 Å². The molecule has 21 heavy (non-hydrogen) atoms. The van der Waals surface area contributed by atoms with Gasteiger partial charge in [-0.2, -0.15) is 0 Å². The van der Waals surface area contributed by atoms with Crippen molar-refractivity contribution in [3.05, 3.63) is 59.0 Å². The van der Waals surface area contributed by atoms with Crippen molar-refractivity contribution in [1.82, 2.24) is 15.3 Å². The van der Waals surface area contributed by atoms with Crippen LogP contribution < -0.4 is 10.6 Å². The zero-order valence-electron chi connectivity index (χ0n) is 11.6. The predicted molar refractivity (Wildman–Crippen MR) is 86.7 cm³/mol. The van der Waals surface area contributed by atoms with Gasteiger partial charge < -0.3 is 10.6 Å². The Hall–Kier alpha value is -2.21. The molecule has 0 saturated carbocycles. The fraction of sp³-hybridized carbons (Fsp3) is 0.133. The second kappa shape index (κ2) is 6.99. The molecule has 108 valence electrons. The quantitative estimate of drug-likeness (QED) is 0.815. The predicted octanol–water partition coefficient (Wildman–Crippen LogP) is 3.21. The highest BCUT2D eigenvalue weighted by atomic mass is 79.9. The van der Waals surface area contributed by atoms with Gasteiger partial charge in [0.25, 0.3) is 5.91 Å². The summed E-state index contributed by atoms with van der Waals surface area (Å²) in [7, 11) is 0. The first-order valence-corrected chi connectivity index (χ1v) is 7.14. The van der Waals surface area contributed by atoms with E-state index in [1.807, 2.05) is 25.1 Å². The fourth-order valence-corrected chi connectivity index (χ4v) is 2.19. The Labute approximate surface area is 131 Å². The largest absolute Gasteiger partial charge is 0.347 e. The lowest BCUT2D eigenvalue weighted by Crippen LogP contribution is -2.24. The summed E-state index contributed by atoms with van der Waals surface area (Å²) in [6, 6.07) is 7.49. The van der Waals surface area contributed by atoms with Crippen LogP contribution in [0, 0.1) is 6.92 Å². The van der Waals surface area contributed by atoms with Crippen LogP contribution in [0.1, 0.15) is 16.1 Å². The van der Waals surface area contributed by atoms with Gasteiger partial charge in [0, 0.05) is 22.8 Å². The summed E-state index contributed by atoms with van der Waals surface area (Å²) in [6.45, 7) is 5.95. The molecule has 0 aliphatic rings. The smallest absolute Gasteiger partial charge is 0.270 e. The van der Waals surface area contributed by atoms with Gasteiger partial charge in [0.1, 0.15) is 17.8 Å². The molecular weight excluding hydrogens is 332 g/mol. The number of amides is 1. The molecule has 2 N–H and O–H groups in total. The molecule has 1 heterocycles. The number of nitrogens with zero attached hydrogens (tertiary/aromatic N) is 2. The number of anilines is 2. The number of nitrogens with one attached hydrogen (secondary N) is 2. The number of hydrogen-bond acceptors (Lipinski definition) is 4. The lowest BCUT2D eigenvalue weighted by molar-refractivity contribution is 0.0953. The molecule has 0 saturated heterocycles. The lowest BCUT2D eigenvalue weighted by Gasteiger charge is -2.10. The highest BCUT2D eigenvalue weighted by Crippen LogP contribution is 2.22. The summed E-state index contributed by atoms with van der Waals surface area (Å²) >= 11 is 3.42. The molecule has 1 aromatic carbocycles. The van der Waals surface area contributed by atoms with Crippen molar-refractivity contribution in [2.24, 2.45) is 0 Å². The average molecular weight is 347 g/mol. The first-order chi connectivity index (χ1) is 10.1. The third-order valence-corrected chi connectivity index (χ3v) is 3.25. The van der Waals surface area contributed by atoms with Gasteiger partial charge in [-0.3, -0.25) is 4.79 Å². The molecule has 0 radical (unpaired) electrons. The number of carbonyl (C=O) groups is 1. The minimum absolute atomic E-state index is 0.257. The Morgan fingerprint density at radius 2 is 2.19 bits per heavy atom. The van der Waals surface area contributed by atoms with Crippen molar-refractivity contribution in [3.8, 4) is 0 Å². The second-order valence-electron chi connectivity index (χ2n) is 4.37. The van der Waals surface area contributed by atoms with E-state index in [1.54, 1.807) is 12.1 Å². The Balaban J connectivity index is 2.17. The molecule has 0 bridgehead atoms. The van der Waals surface area contributed by atoms with Gasteiger partial charge in [0.2, 0.25) is 0 Å². The molecule has 6 heteroatoms. The summed E-state index contributed by atoms with van der Waals surface area (Å²) in [4.78, 5) is 19.9. The molecule has 1 aromatic heterocycles. The maximum Gasteiger partial charge on any atom is 0.270 e. The number of halogens is 1. The summed E-state index contributed by atoms with van der Waals surface area (Å²) in [6.07, 6.45) is 2.97. The van der Waals surface area contributed by atoms with Crippen LogP contribution in [-0.2, 0) is 0 Å². The molecule has 0 unspecified atom stereocenters. The van der Waals surface area contributed by atoms with Gasteiger partial charge in [0.05, 0.1) is 0 Å². The molecule has 0 atom stereocenters. The van der Waals surface area contributed by atoms with Crippen LogP contribution in [0.15, 0.2) is 47.7 Å². The van der Waals surface area contributed by atoms with Crippen LogP contribution in [0.4, 0.5) is 11.5 Å². The molecular formula is C15H15BrN4O. The molecule has 2 aromatic rings. The van der Waals surface area contributed by atoms with Gasteiger partial charge in [0.15, 0.2) is 0 Å². The zero-order valence-corrected chi connectivity index (χ0v) is 13.1. The van der Waals surface area contributed by atoms with Crippen molar-refractivity contribution in [2.45, 2.75) is 6.92 Å². The number of aryl methyl sites for hydroxylation is 1. The summed E-state index contributed by atoms with van der Waals surface area (Å²) in [5, 5.41) is 5.86. The normalized spacial score (nSPS) is 10.0. The van der Waals surface area contributed by atoms with Crippen molar-refractivity contribution in [3.63, 3.8) is 0 Å². The van der Waals surface area contributed by atoms with E-state index in [4.69, 9.17) is 0 Å². The molecule has 0 aliphatic carbocycles. The molecule has 2 rings (SSSR count). The third-order valence-electron chi connectivity index (χ3n) is 2.76. The van der Waals surface area contributed by atoms with Crippen LogP contribution in [0.3, 0.4) is 0 Å². The van der Waals surface area contributed by atoms with Crippen molar-refractivity contribution in [2.75, 3.05) is 11.9 Å². The SMILES string of the molecule is C=CCNC(=O)c1cc(Nc2ccc(Br)cc2C)ncn1. The summed E-state index contributed by atoms with van der Waals surface area (Å²) < 4.78 is 1.01. The Bertz CT molecular complexity index is 672. The topological polar surface area (TPSA) is 66.9 Å². The van der Waals surface area contributed by atoms with E-state index < -0.39 is 0 Å². The highest BCUT2D eigenvalue weighted by Gasteiger charge is 2.08. The summed E-state index contributed by atoms with van der Waals surface area (Å²) in [5.74, 6) is 0.312. The third kappa shape index (κ3) is 4.13. The van der Waals surface area contributed by atoms with E-state index in [0.29, 0.717) is 18.1 Å². The van der Waals surface area contributed by atoms with Gasteiger partial charge in [-0.25, -0.2) is 9.97 Å². The zero-order chi connectivity index (χ0) is 15.2. The lowest BCUT2D eigenvalue weighted by atomic mass is 10.2. The number of carbonyl (C=O) groups excluding carboxylic acids is 1. The first kappa shape index (κ1) is 15.2. The van der Waals surface area contributed by atoms with Crippen LogP contribution in [0.2, 0.25) is 0 Å². The molecule has 0 fully saturated rings. The van der Waals surface area contributed by atoms with Crippen LogP contribution in [-0.4, -0.2) is 22.4 Å². The monoisotopic (exact) mass is 346 g/mol. The minimum Gasteiger partial charge on any atom is -0.347 e. The molecule has 0 spiro atoms. The number of aromatic nitrogens is 2. The van der Waals surface area contributed by atoms with Crippen molar-refractivity contribution < 1.29 is 4.79 Å². The van der Waals surface area contributed by atoms with E-state index >= 15 is 0 Å². The van der Waals surface area contributed by atoms with Crippen molar-refractivity contribution in [1.29, 1.82) is 0 Å². The average Bonchev–Trinajstić information content (AvgIpc) is 2.48. The standard InChI is InChI=1S/C15H15BrN4O/c1-3-6-17-15(21)13-8-14(19-9-18-13)20-12-5-4-11(16)7-10(12)2/h3-5,7-9H,1,6H2,2H3,(H,17,21)(H,18,19,20). The Kier molecular flexibility index (Phi) is 5.05.